The molecule has 1 heterocycles. The Morgan fingerprint density at radius 2 is 1.82 bits per heavy atom. The number of rotatable bonds is 6. The van der Waals surface area contributed by atoms with E-state index in [2.05, 4.69) is 4.72 Å². The molecule has 0 spiro atoms. The highest BCUT2D eigenvalue weighted by Gasteiger charge is 2.30. The largest absolute Gasteiger partial charge is 0.492 e. The molecule has 2 rings (SSSR count). The van der Waals surface area contributed by atoms with E-state index in [0.717, 1.165) is 11.3 Å². The molecule has 6 nitrogen and oxygen atoms in total. The molecule has 1 aromatic carbocycles. The topological polar surface area (TPSA) is 67.9 Å². The van der Waals surface area contributed by atoms with Crippen LogP contribution in [-0.2, 0) is 14.9 Å². The van der Waals surface area contributed by atoms with Crippen molar-refractivity contribution in [3.8, 4) is 5.75 Å². The summed E-state index contributed by atoms with van der Waals surface area (Å²) in [5.74, 6) is 0.735. The Hall–Kier alpha value is -1.15. The molecule has 124 valence electrons. The number of nitrogens with zero attached hydrogens (tertiary/aromatic N) is 1. The van der Waals surface area contributed by atoms with E-state index < -0.39 is 10.2 Å². The van der Waals surface area contributed by atoms with E-state index in [1.165, 1.54) is 4.31 Å². The van der Waals surface area contributed by atoms with Gasteiger partial charge in [-0.2, -0.15) is 17.4 Å². The van der Waals surface area contributed by atoms with Crippen molar-refractivity contribution >= 4 is 10.2 Å². The lowest BCUT2D eigenvalue weighted by molar-refractivity contribution is -0.0444. The molecule has 0 aromatic heterocycles. The van der Waals surface area contributed by atoms with Crippen LogP contribution in [0.1, 0.15) is 19.4 Å². The first-order valence-electron chi connectivity index (χ1n) is 7.46. The number of nitrogens with one attached hydrogen (secondary N) is 1. The molecular formula is C15H24N2O4S. The van der Waals surface area contributed by atoms with Crippen LogP contribution < -0.4 is 9.46 Å². The van der Waals surface area contributed by atoms with E-state index in [9.17, 15) is 8.42 Å². The van der Waals surface area contributed by atoms with Gasteiger partial charge >= 0.3 is 0 Å². The van der Waals surface area contributed by atoms with Gasteiger partial charge in [0.1, 0.15) is 12.4 Å². The second-order valence-corrected chi connectivity index (χ2v) is 7.39. The quantitative estimate of drug-likeness (QED) is 0.800. The van der Waals surface area contributed by atoms with Crippen molar-refractivity contribution in [3.63, 3.8) is 0 Å². The number of aryl methyl sites for hydroxylation is 1. The molecule has 1 fully saturated rings. The molecule has 1 saturated heterocycles. The second-order valence-electron chi connectivity index (χ2n) is 5.64. The van der Waals surface area contributed by atoms with Gasteiger partial charge in [0.25, 0.3) is 10.2 Å². The SMILES string of the molecule is Cc1ccc(OCCNS(=O)(=O)N2CC(C)OC(C)C2)cc1. The summed E-state index contributed by atoms with van der Waals surface area (Å²) in [5, 5.41) is 0. The van der Waals surface area contributed by atoms with Crippen LogP contribution in [-0.4, -0.2) is 51.2 Å². The average Bonchev–Trinajstić information content (AvgIpc) is 2.44. The van der Waals surface area contributed by atoms with Crippen molar-refractivity contribution < 1.29 is 17.9 Å². The molecule has 2 atom stereocenters. The van der Waals surface area contributed by atoms with E-state index in [-0.39, 0.29) is 25.4 Å². The van der Waals surface area contributed by atoms with Crippen LogP contribution in [0.2, 0.25) is 0 Å². The lowest BCUT2D eigenvalue weighted by Gasteiger charge is -2.34. The zero-order chi connectivity index (χ0) is 16.2. The highest BCUT2D eigenvalue weighted by atomic mass is 32.2. The standard InChI is InChI=1S/C15H24N2O4S/c1-12-4-6-15(7-5-12)20-9-8-16-22(18,19)17-10-13(2)21-14(3)11-17/h4-7,13-14,16H,8-11H2,1-3H3. The highest BCUT2D eigenvalue weighted by molar-refractivity contribution is 7.87. The molecule has 7 heteroatoms. The second kappa shape index (κ2) is 7.41. The van der Waals surface area contributed by atoms with Crippen LogP contribution >= 0.6 is 0 Å². The fraction of sp³-hybridized carbons (Fsp3) is 0.600. The molecule has 0 radical (unpaired) electrons. The molecule has 0 bridgehead atoms. The van der Waals surface area contributed by atoms with Crippen molar-refractivity contribution in [2.75, 3.05) is 26.2 Å². The van der Waals surface area contributed by atoms with Crippen molar-refractivity contribution in [1.82, 2.24) is 9.03 Å². The fourth-order valence-electron chi connectivity index (χ4n) is 2.39. The maximum atomic E-state index is 12.2. The molecule has 0 amide bonds. The first-order chi connectivity index (χ1) is 10.4. The van der Waals surface area contributed by atoms with Crippen LogP contribution in [0.15, 0.2) is 24.3 Å². The van der Waals surface area contributed by atoms with Crippen molar-refractivity contribution in [2.24, 2.45) is 0 Å². The maximum absolute atomic E-state index is 12.2. The Labute approximate surface area is 132 Å². The van der Waals surface area contributed by atoms with Gasteiger partial charge < -0.3 is 9.47 Å². The summed E-state index contributed by atoms with van der Waals surface area (Å²) in [6.07, 6.45) is -0.187. The monoisotopic (exact) mass is 328 g/mol. The van der Waals surface area contributed by atoms with Crippen LogP contribution in [0, 0.1) is 6.92 Å². The Kier molecular flexibility index (Phi) is 5.80. The molecule has 0 aliphatic carbocycles. The van der Waals surface area contributed by atoms with Gasteiger partial charge in [0.05, 0.1) is 12.2 Å². The third kappa shape index (κ3) is 4.95. The minimum Gasteiger partial charge on any atom is -0.492 e. The molecule has 0 saturated carbocycles. The fourth-order valence-corrected chi connectivity index (χ4v) is 3.73. The van der Waals surface area contributed by atoms with Gasteiger partial charge in [-0.3, -0.25) is 0 Å². The minimum atomic E-state index is -3.49. The first-order valence-corrected chi connectivity index (χ1v) is 8.90. The highest BCUT2D eigenvalue weighted by Crippen LogP contribution is 2.14. The van der Waals surface area contributed by atoms with Gasteiger partial charge in [-0.05, 0) is 32.9 Å². The molecule has 1 aromatic rings. The zero-order valence-electron chi connectivity index (χ0n) is 13.3. The summed E-state index contributed by atoms with van der Waals surface area (Å²) >= 11 is 0. The Bertz CT molecular complexity index is 564. The molecule has 2 unspecified atom stereocenters. The van der Waals surface area contributed by atoms with E-state index in [1.807, 2.05) is 45.0 Å². The van der Waals surface area contributed by atoms with E-state index in [4.69, 9.17) is 9.47 Å². The normalized spacial score (nSPS) is 23.4. The first kappa shape index (κ1) is 17.2. The van der Waals surface area contributed by atoms with Gasteiger partial charge in [0, 0.05) is 19.6 Å². The van der Waals surface area contributed by atoms with Crippen molar-refractivity contribution in [3.05, 3.63) is 29.8 Å². The molecular weight excluding hydrogens is 304 g/mol. The smallest absolute Gasteiger partial charge is 0.279 e. The zero-order valence-corrected chi connectivity index (χ0v) is 14.1. The lowest BCUT2D eigenvalue weighted by atomic mass is 10.2. The van der Waals surface area contributed by atoms with E-state index in [1.54, 1.807) is 0 Å². The van der Waals surface area contributed by atoms with E-state index >= 15 is 0 Å². The lowest BCUT2D eigenvalue weighted by Crippen LogP contribution is -2.52. The van der Waals surface area contributed by atoms with Gasteiger partial charge in [-0.15, -0.1) is 0 Å². The molecule has 1 N–H and O–H groups in total. The summed E-state index contributed by atoms with van der Waals surface area (Å²) < 4.78 is 39.5. The summed E-state index contributed by atoms with van der Waals surface area (Å²) in [6.45, 7) is 7.02. The van der Waals surface area contributed by atoms with Crippen LogP contribution in [0.3, 0.4) is 0 Å². The Morgan fingerprint density at radius 1 is 1.23 bits per heavy atom. The molecule has 1 aliphatic heterocycles. The van der Waals surface area contributed by atoms with E-state index in [0.29, 0.717) is 13.1 Å². The average molecular weight is 328 g/mol. The van der Waals surface area contributed by atoms with Gasteiger partial charge in [0.15, 0.2) is 0 Å². The maximum Gasteiger partial charge on any atom is 0.279 e. The number of hydrogen-bond acceptors (Lipinski definition) is 4. The van der Waals surface area contributed by atoms with Crippen molar-refractivity contribution in [1.29, 1.82) is 0 Å². The molecule has 1 aliphatic rings. The summed E-state index contributed by atoms with van der Waals surface area (Å²) in [7, 11) is -3.49. The Morgan fingerprint density at radius 3 is 2.41 bits per heavy atom. The number of ether oxygens (including phenoxy) is 2. The predicted octanol–water partition coefficient (Wildman–Crippen LogP) is 1.32. The van der Waals surface area contributed by atoms with Crippen LogP contribution in [0.25, 0.3) is 0 Å². The number of hydrogen-bond donors (Lipinski definition) is 1. The third-order valence-electron chi connectivity index (χ3n) is 3.40. The summed E-state index contributed by atoms with van der Waals surface area (Å²) in [5.41, 5.74) is 1.16. The van der Waals surface area contributed by atoms with Gasteiger partial charge in [-0.25, -0.2) is 0 Å². The number of benzene rings is 1. The molecule has 22 heavy (non-hydrogen) atoms. The predicted molar refractivity (Wildman–Crippen MR) is 85.2 cm³/mol. The third-order valence-corrected chi connectivity index (χ3v) is 4.95. The van der Waals surface area contributed by atoms with Crippen LogP contribution in [0.4, 0.5) is 0 Å². The minimum absolute atomic E-state index is 0.0934. The summed E-state index contributed by atoms with van der Waals surface area (Å²) in [4.78, 5) is 0. The Balaban J connectivity index is 1.78. The van der Waals surface area contributed by atoms with Gasteiger partial charge in [0.2, 0.25) is 0 Å². The summed E-state index contributed by atoms with van der Waals surface area (Å²) in [6, 6.07) is 7.65. The van der Waals surface area contributed by atoms with Crippen LogP contribution in [0.5, 0.6) is 5.75 Å². The number of morpholine rings is 1. The van der Waals surface area contributed by atoms with Gasteiger partial charge in [-0.1, -0.05) is 17.7 Å². The van der Waals surface area contributed by atoms with Crippen molar-refractivity contribution in [2.45, 2.75) is 33.0 Å².